The monoisotopic (exact) mass is 369 g/mol. The molecule has 0 saturated heterocycles. The number of hydrogen-bond acceptors (Lipinski definition) is 7. The molecule has 2 rings (SSSR count). The van der Waals surface area contributed by atoms with Crippen LogP contribution in [0.4, 0.5) is 5.69 Å². The van der Waals surface area contributed by atoms with Crippen LogP contribution in [-0.4, -0.2) is 62.3 Å². The predicted molar refractivity (Wildman–Crippen MR) is 92.8 cm³/mol. The van der Waals surface area contributed by atoms with E-state index in [2.05, 4.69) is 15.6 Å². The van der Waals surface area contributed by atoms with Gasteiger partial charge in [-0.05, 0) is 12.1 Å². The number of rotatable bonds is 6. The number of amidine groups is 1. The van der Waals surface area contributed by atoms with Crippen LogP contribution in [0.1, 0.15) is 0 Å². The smallest absolute Gasteiger partial charge is 0.328 e. The Labute approximate surface area is 145 Å². The van der Waals surface area contributed by atoms with Gasteiger partial charge in [0.25, 0.3) is 0 Å². The number of nitrogens with one attached hydrogen (secondary N) is 2. The van der Waals surface area contributed by atoms with E-state index in [4.69, 9.17) is 10.2 Å². The number of carbonyl (C=O) groups is 2. The first-order valence-corrected chi connectivity index (χ1v) is 9.03. The minimum absolute atomic E-state index is 0.318. The minimum Gasteiger partial charge on any atom is -0.478 e. The Balaban J connectivity index is 0.000000333. The first kappa shape index (κ1) is 20.2. The summed E-state index contributed by atoms with van der Waals surface area (Å²) in [7, 11) is -3.20. The van der Waals surface area contributed by atoms with Gasteiger partial charge in [-0.2, -0.15) is 0 Å². The zero-order chi connectivity index (χ0) is 18.9. The lowest BCUT2D eigenvalue weighted by Gasteiger charge is -2.10. The predicted octanol–water partition coefficient (Wildman–Crippen LogP) is 0.216. The maximum absolute atomic E-state index is 11.6. The Morgan fingerprint density at radius 2 is 1.84 bits per heavy atom. The van der Waals surface area contributed by atoms with Crippen molar-refractivity contribution in [3.63, 3.8) is 0 Å². The number of carboxylic acids is 2. The van der Waals surface area contributed by atoms with Crippen molar-refractivity contribution in [1.29, 1.82) is 0 Å². The summed E-state index contributed by atoms with van der Waals surface area (Å²) in [4.78, 5) is 23.7. The number of hydrogen-bond donors (Lipinski definition) is 4. The summed E-state index contributed by atoms with van der Waals surface area (Å²) in [6, 6.07) is 6.88. The molecule has 1 heterocycles. The number of para-hydroxylation sites is 1. The molecule has 10 heteroatoms. The molecule has 1 aliphatic rings. The van der Waals surface area contributed by atoms with Crippen LogP contribution in [0.3, 0.4) is 0 Å². The Kier molecular flexibility index (Phi) is 7.60. The second-order valence-electron chi connectivity index (χ2n) is 4.89. The summed E-state index contributed by atoms with van der Waals surface area (Å²) in [5.41, 5.74) is 0.617. The summed E-state index contributed by atoms with van der Waals surface area (Å²) < 4.78 is 23.1. The number of sulfone groups is 1. The fourth-order valence-corrected chi connectivity index (χ4v) is 2.69. The van der Waals surface area contributed by atoms with Gasteiger partial charge in [-0.3, -0.25) is 4.99 Å². The topological polar surface area (TPSA) is 145 Å². The van der Waals surface area contributed by atoms with Gasteiger partial charge >= 0.3 is 11.9 Å². The Morgan fingerprint density at radius 3 is 2.32 bits per heavy atom. The summed E-state index contributed by atoms with van der Waals surface area (Å²) in [6.45, 7) is 2.15. The highest BCUT2D eigenvalue weighted by Gasteiger charge is 2.13. The molecule has 25 heavy (non-hydrogen) atoms. The highest BCUT2D eigenvalue weighted by Crippen LogP contribution is 2.20. The normalized spacial score (nSPS) is 13.4. The molecule has 0 spiro atoms. The van der Waals surface area contributed by atoms with Crippen molar-refractivity contribution in [2.24, 2.45) is 4.99 Å². The molecule has 0 atom stereocenters. The van der Waals surface area contributed by atoms with E-state index in [-0.39, 0.29) is 0 Å². The summed E-state index contributed by atoms with van der Waals surface area (Å²) in [6.07, 6.45) is 2.32. The largest absolute Gasteiger partial charge is 0.478 e. The van der Waals surface area contributed by atoms with Crippen molar-refractivity contribution in [2.45, 2.75) is 4.90 Å². The lowest BCUT2D eigenvalue weighted by atomic mass is 10.3. The van der Waals surface area contributed by atoms with Gasteiger partial charge in [-0.15, -0.1) is 0 Å². The van der Waals surface area contributed by atoms with Crippen LogP contribution in [0.25, 0.3) is 0 Å². The van der Waals surface area contributed by atoms with Gasteiger partial charge in [0, 0.05) is 25.0 Å². The average molecular weight is 369 g/mol. The molecule has 0 aromatic heterocycles. The van der Waals surface area contributed by atoms with E-state index in [9.17, 15) is 18.0 Å². The van der Waals surface area contributed by atoms with Gasteiger partial charge < -0.3 is 20.8 Å². The van der Waals surface area contributed by atoms with E-state index >= 15 is 0 Å². The van der Waals surface area contributed by atoms with E-state index in [1.54, 1.807) is 24.3 Å². The lowest BCUT2D eigenvalue weighted by molar-refractivity contribution is -0.134. The van der Waals surface area contributed by atoms with Gasteiger partial charge in [0.15, 0.2) is 9.84 Å². The van der Waals surface area contributed by atoms with Gasteiger partial charge in [0.05, 0.1) is 23.7 Å². The molecular formula is C15H19N3O6S. The summed E-state index contributed by atoms with van der Waals surface area (Å²) in [5.74, 6) is -1.65. The molecule has 9 nitrogen and oxygen atoms in total. The molecule has 0 fully saturated rings. The molecule has 0 unspecified atom stereocenters. The molecule has 1 aromatic rings. The van der Waals surface area contributed by atoms with Gasteiger partial charge in [-0.1, -0.05) is 12.1 Å². The van der Waals surface area contributed by atoms with Gasteiger partial charge in [-0.25, -0.2) is 18.0 Å². The standard InChI is InChI=1S/C11H15N3O2S.C4H4O4/c1-17(15,16)10-5-3-2-4-9(10)14-8-11-12-6-7-13-11;5-3(6)1-2-4(7)8/h2-5,14H,6-8H2,1H3,(H,12,13);1-2H,(H,5,6)(H,7,8)/b;2-1+. The Hall–Kier alpha value is -2.88. The van der Waals surface area contributed by atoms with Crippen molar-refractivity contribution in [3.8, 4) is 0 Å². The molecule has 0 saturated carbocycles. The highest BCUT2D eigenvalue weighted by molar-refractivity contribution is 7.90. The van der Waals surface area contributed by atoms with Crippen LogP contribution in [0.2, 0.25) is 0 Å². The van der Waals surface area contributed by atoms with Gasteiger partial charge in [0.2, 0.25) is 0 Å². The van der Waals surface area contributed by atoms with E-state index in [1.807, 2.05) is 0 Å². The van der Waals surface area contributed by atoms with Crippen LogP contribution >= 0.6 is 0 Å². The van der Waals surface area contributed by atoms with Crippen molar-refractivity contribution >= 4 is 33.3 Å². The summed E-state index contributed by atoms with van der Waals surface area (Å²) >= 11 is 0. The van der Waals surface area contributed by atoms with Crippen molar-refractivity contribution in [3.05, 3.63) is 36.4 Å². The third-order valence-corrected chi connectivity index (χ3v) is 4.00. The van der Waals surface area contributed by atoms with Crippen molar-refractivity contribution < 1.29 is 28.2 Å². The quantitative estimate of drug-likeness (QED) is 0.521. The molecule has 0 radical (unpaired) electrons. The van der Waals surface area contributed by atoms with Crippen LogP contribution in [0.5, 0.6) is 0 Å². The first-order valence-electron chi connectivity index (χ1n) is 7.14. The molecule has 4 N–H and O–H groups in total. The number of carboxylic acid groups (broad SMARTS) is 2. The Bertz CT molecular complexity index is 770. The maximum Gasteiger partial charge on any atom is 0.328 e. The lowest BCUT2D eigenvalue weighted by Crippen LogP contribution is -2.26. The Morgan fingerprint density at radius 1 is 1.24 bits per heavy atom. The zero-order valence-electron chi connectivity index (χ0n) is 13.5. The number of benzene rings is 1. The number of nitrogens with zero attached hydrogens (tertiary/aromatic N) is 1. The minimum atomic E-state index is -3.20. The van der Waals surface area contributed by atoms with E-state index in [1.165, 1.54) is 6.26 Å². The van der Waals surface area contributed by atoms with E-state index < -0.39 is 21.8 Å². The average Bonchev–Trinajstić information content (AvgIpc) is 3.04. The van der Waals surface area contributed by atoms with Crippen LogP contribution in [0.15, 0.2) is 46.3 Å². The van der Waals surface area contributed by atoms with E-state index in [0.717, 1.165) is 18.9 Å². The SMILES string of the molecule is CS(=O)(=O)c1ccccc1NCC1=NCCN1.O=C(O)/C=C/C(=O)O. The van der Waals surface area contributed by atoms with E-state index in [0.29, 0.717) is 29.3 Å². The van der Waals surface area contributed by atoms with Crippen LogP contribution < -0.4 is 10.6 Å². The molecular weight excluding hydrogens is 350 g/mol. The molecule has 1 aliphatic heterocycles. The fourth-order valence-electron chi connectivity index (χ4n) is 1.82. The molecule has 136 valence electrons. The molecule has 0 aliphatic carbocycles. The molecule has 0 bridgehead atoms. The second-order valence-corrected chi connectivity index (χ2v) is 6.87. The first-order chi connectivity index (χ1) is 11.7. The number of aliphatic carboxylic acids is 2. The van der Waals surface area contributed by atoms with Crippen LogP contribution in [-0.2, 0) is 19.4 Å². The third-order valence-electron chi connectivity index (χ3n) is 2.84. The molecule has 1 aromatic carbocycles. The number of anilines is 1. The zero-order valence-corrected chi connectivity index (χ0v) is 14.3. The van der Waals surface area contributed by atoms with Gasteiger partial charge in [0.1, 0.15) is 5.84 Å². The van der Waals surface area contributed by atoms with Crippen molar-refractivity contribution in [1.82, 2.24) is 5.32 Å². The third kappa shape index (κ3) is 7.97. The highest BCUT2D eigenvalue weighted by atomic mass is 32.2. The number of aliphatic imine (C=N–C) groups is 1. The van der Waals surface area contributed by atoms with Crippen LogP contribution in [0, 0.1) is 0 Å². The fraction of sp³-hybridized carbons (Fsp3) is 0.267. The summed E-state index contributed by atoms with van der Waals surface area (Å²) in [5, 5.41) is 21.8. The van der Waals surface area contributed by atoms with Crippen molar-refractivity contribution in [2.75, 3.05) is 31.2 Å². The molecule has 0 amide bonds. The second kappa shape index (κ2) is 9.42. The maximum atomic E-state index is 11.6.